The van der Waals surface area contributed by atoms with Gasteiger partial charge in [-0.25, -0.2) is 0 Å². The van der Waals surface area contributed by atoms with Crippen molar-refractivity contribution in [1.29, 1.82) is 0 Å². The molecular formula is C24H21IN2S5. The van der Waals surface area contributed by atoms with E-state index in [4.69, 9.17) is 11.5 Å². The van der Waals surface area contributed by atoms with Crippen LogP contribution in [0, 0.1) is 3.57 Å². The molecule has 0 saturated carbocycles. The molecule has 5 aromatic rings. The fourth-order valence-corrected chi connectivity index (χ4v) is 9.95. The van der Waals surface area contributed by atoms with Crippen LogP contribution in [-0.2, 0) is 12.8 Å². The normalized spacial score (nSPS) is 11.5. The smallest absolute Gasteiger partial charge is 0.0482 e. The SMILES string of the molecule is NCCc1cc(-c2cccs2)sc1-c1ccc(-c2sc(-c3cc(I)cs3)cc2CCN)s1. The van der Waals surface area contributed by atoms with Crippen LogP contribution in [0.2, 0.25) is 0 Å². The van der Waals surface area contributed by atoms with Gasteiger partial charge < -0.3 is 11.5 Å². The summed E-state index contributed by atoms with van der Waals surface area (Å²) >= 11 is 11.7. The zero-order valence-electron chi connectivity index (χ0n) is 17.1. The van der Waals surface area contributed by atoms with E-state index in [0.717, 1.165) is 12.8 Å². The third-order valence-corrected chi connectivity index (χ3v) is 12.1. The van der Waals surface area contributed by atoms with Gasteiger partial charge in [0, 0.05) is 48.0 Å². The lowest BCUT2D eigenvalue weighted by atomic mass is 10.1. The number of thiophene rings is 5. The van der Waals surface area contributed by atoms with Crippen LogP contribution in [0.15, 0.2) is 53.2 Å². The predicted octanol–water partition coefficient (Wildman–Crippen LogP) is 8.27. The Morgan fingerprint density at radius 3 is 1.78 bits per heavy atom. The molecule has 5 heterocycles. The third-order valence-electron chi connectivity index (χ3n) is 5.07. The molecule has 0 aromatic carbocycles. The van der Waals surface area contributed by atoms with E-state index in [2.05, 4.69) is 75.8 Å². The summed E-state index contributed by atoms with van der Waals surface area (Å²) in [6.45, 7) is 1.33. The van der Waals surface area contributed by atoms with Crippen molar-refractivity contribution in [1.82, 2.24) is 0 Å². The van der Waals surface area contributed by atoms with Crippen molar-refractivity contribution in [2.24, 2.45) is 11.5 Å². The maximum absolute atomic E-state index is 5.96. The molecule has 164 valence electrons. The summed E-state index contributed by atoms with van der Waals surface area (Å²) < 4.78 is 1.29. The molecule has 8 heteroatoms. The molecule has 0 bridgehead atoms. The highest BCUT2D eigenvalue weighted by Crippen LogP contribution is 2.47. The first kappa shape index (κ1) is 22.9. The van der Waals surface area contributed by atoms with E-state index in [1.54, 1.807) is 11.3 Å². The average Bonchev–Trinajstić information content (AvgIpc) is 3.57. The van der Waals surface area contributed by atoms with Gasteiger partial charge in [0.05, 0.1) is 0 Å². The van der Waals surface area contributed by atoms with Crippen molar-refractivity contribution >= 4 is 79.3 Å². The quantitative estimate of drug-likeness (QED) is 0.171. The van der Waals surface area contributed by atoms with Gasteiger partial charge in [0.2, 0.25) is 0 Å². The molecule has 0 aliphatic rings. The maximum Gasteiger partial charge on any atom is 0.0482 e. The minimum Gasteiger partial charge on any atom is -0.330 e. The third kappa shape index (κ3) is 4.69. The molecule has 4 N–H and O–H groups in total. The molecule has 0 fully saturated rings. The minimum absolute atomic E-state index is 0.666. The topological polar surface area (TPSA) is 52.0 Å². The molecule has 0 saturated heterocycles. The average molecular weight is 625 g/mol. The summed E-state index contributed by atoms with van der Waals surface area (Å²) in [5.74, 6) is 0. The number of hydrogen-bond donors (Lipinski definition) is 2. The van der Waals surface area contributed by atoms with Crippen LogP contribution in [0.5, 0.6) is 0 Å². The molecule has 0 amide bonds. The zero-order chi connectivity index (χ0) is 22.1. The van der Waals surface area contributed by atoms with Crippen molar-refractivity contribution in [3.63, 3.8) is 0 Å². The predicted molar refractivity (Wildman–Crippen MR) is 156 cm³/mol. The highest BCUT2D eigenvalue weighted by atomic mass is 127. The molecule has 0 atom stereocenters. The molecule has 32 heavy (non-hydrogen) atoms. The lowest BCUT2D eigenvalue weighted by molar-refractivity contribution is 0.976. The van der Waals surface area contributed by atoms with Crippen molar-refractivity contribution in [2.45, 2.75) is 12.8 Å². The van der Waals surface area contributed by atoms with E-state index in [-0.39, 0.29) is 0 Å². The number of halogens is 1. The van der Waals surface area contributed by atoms with Crippen LogP contribution in [0.3, 0.4) is 0 Å². The molecule has 0 radical (unpaired) electrons. The van der Waals surface area contributed by atoms with Crippen molar-refractivity contribution in [3.8, 4) is 39.0 Å². The van der Waals surface area contributed by atoms with Gasteiger partial charge in [0.25, 0.3) is 0 Å². The Morgan fingerprint density at radius 1 is 0.656 bits per heavy atom. The second kappa shape index (κ2) is 10.2. The van der Waals surface area contributed by atoms with Gasteiger partial charge >= 0.3 is 0 Å². The van der Waals surface area contributed by atoms with Crippen molar-refractivity contribution in [2.75, 3.05) is 13.1 Å². The summed E-state index contributed by atoms with van der Waals surface area (Å²) in [7, 11) is 0. The Morgan fingerprint density at radius 2 is 1.28 bits per heavy atom. The maximum atomic E-state index is 5.96. The molecule has 0 spiro atoms. The molecule has 0 aliphatic heterocycles. The number of rotatable bonds is 8. The van der Waals surface area contributed by atoms with E-state index in [1.165, 1.54) is 53.7 Å². The van der Waals surface area contributed by atoms with Crippen LogP contribution in [0.4, 0.5) is 0 Å². The fraction of sp³-hybridized carbons (Fsp3) is 0.167. The largest absolute Gasteiger partial charge is 0.330 e. The van der Waals surface area contributed by atoms with Gasteiger partial charge in [0.15, 0.2) is 0 Å². The Kier molecular flexibility index (Phi) is 7.30. The molecular weight excluding hydrogens is 604 g/mol. The van der Waals surface area contributed by atoms with E-state index >= 15 is 0 Å². The van der Waals surface area contributed by atoms with Crippen LogP contribution in [0.25, 0.3) is 39.0 Å². The molecule has 0 unspecified atom stereocenters. The highest BCUT2D eigenvalue weighted by Gasteiger charge is 2.18. The standard InChI is InChI=1S/C24H21IN2S5/c25-16-12-20(29-13-16)22-11-15(6-8-27)24(32-22)19-4-3-18(30-19)23-14(5-7-26)10-21(31-23)17-2-1-9-28-17/h1-4,9-13H,5-8,26-27H2. The van der Waals surface area contributed by atoms with E-state index in [9.17, 15) is 0 Å². The lowest BCUT2D eigenvalue weighted by Crippen LogP contribution is -2.02. The van der Waals surface area contributed by atoms with Crippen LogP contribution in [-0.4, -0.2) is 13.1 Å². The first-order valence-corrected chi connectivity index (χ1v) is 15.5. The Bertz CT molecular complexity index is 1320. The number of hydrogen-bond acceptors (Lipinski definition) is 7. The molecule has 2 nitrogen and oxygen atoms in total. The summed E-state index contributed by atoms with van der Waals surface area (Å²) in [6.07, 6.45) is 1.81. The number of nitrogens with two attached hydrogens (primary N) is 2. The lowest BCUT2D eigenvalue weighted by Gasteiger charge is -2.00. The monoisotopic (exact) mass is 624 g/mol. The van der Waals surface area contributed by atoms with Gasteiger partial charge in [-0.05, 0) is 101 Å². The van der Waals surface area contributed by atoms with Gasteiger partial charge in [-0.15, -0.1) is 56.7 Å². The first-order chi connectivity index (χ1) is 15.7. The summed E-state index contributed by atoms with van der Waals surface area (Å²) in [5.41, 5.74) is 14.6. The summed E-state index contributed by atoms with van der Waals surface area (Å²) in [5, 5.41) is 4.35. The van der Waals surface area contributed by atoms with Crippen LogP contribution < -0.4 is 11.5 Å². The Hall–Kier alpha value is -0.850. The fourth-order valence-electron chi connectivity index (χ4n) is 3.64. The summed E-state index contributed by atoms with van der Waals surface area (Å²) in [4.78, 5) is 10.7. The Balaban J connectivity index is 1.53. The van der Waals surface area contributed by atoms with E-state index in [1.807, 2.05) is 45.3 Å². The van der Waals surface area contributed by atoms with Gasteiger partial charge in [-0.2, -0.15) is 0 Å². The molecule has 0 aliphatic carbocycles. The minimum atomic E-state index is 0.666. The second-order valence-electron chi connectivity index (χ2n) is 7.28. The van der Waals surface area contributed by atoms with Gasteiger partial charge in [-0.3, -0.25) is 0 Å². The molecule has 5 rings (SSSR count). The van der Waals surface area contributed by atoms with Crippen LogP contribution in [0.1, 0.15) is 11.1 Å². The highest BCUT2D eigenvalue weighted by molar-refractivity contribution is 14.1. The van der Waals surface area contributed by atoms with Gasteiger partial charge in [0.1, 0.15) is 0 Å². The second-order valence-corrected chi connectivity index (χ2v) is 13.6. The van der Waals surface area contributed by atoms with E-state index in [0.29, 0.717) is 13.1 Å². The van der Waals surface area contributed by atoms with Crippen molar-refractivity contribution in [3.05, 3.63) is 67.9 Å². The van der Waals surface area contributed by atoms with Crippen LogP contribution >= 0.6 is 79.3 Å². The van der Waals surface area contributed by atoms with Crippen molar-refractivity contribution < 1.29 is 0 Å². The molecule has 5 aromatic heterocycles. The van der Waals surface area contributed by atoms with Gasteiger partial charge in [-0.1, -0.05) is 6.07 Å². The zero-order valence-corrected chi connectivity index (χ0v) is 23.3. The first-order valence-electron chi connectivity index (χ1n) is 10.2. The summed E-state index contributed by atoms with van der Waals surface area (Å²) in [6, 6.07) is 15.8. The Labute approximate surface area is 221 Å². The van der Waals surface area contributed by atoms with E-state index < -0.39 is 0 Å².